The molecular formula is C11H19N3O3. The van der Waals surface area contributed by atoms with Crippen LogP contribution in [0.4, 0.5) is 5.82 Å². The Kier molecular flexibility index (Phi) is 4.96. The summed E-state index contributed by atoms with van der Waals surface area (Å²) in [6, 6.07) is 0. The molecule has 0 aliphatic rings. The number of aromatic carboxylic acids is 1. The molecule has 0 atom stereocenters. The molecular weight excluding hydrogens is 222 g/mol. The van der Waals surface area contributed by atoms with Crippen molar-refractivity contribution in [2.24, 2.45) is 7.05 Å². The number of carboxylic acids is 1. The first kappa shape index (κ1) is 13.5. The Bertz CT molecular complexity index is 388. The molecule has 6 nitrogen and oxygen atoms in total. The van der Waals surface area contributed by atoms with Gasteiger partial charge in [-0.2, -0.15) is 5.10 Å². The number of nitrogens with one attached hydrogen (secondary N) is 1. The average Bonchev–Trinajstić information content (AvgIpc) is 2.53. The standard InChI is InChI=1S/C11H19N3O3/c1-8-9(11(16)17)10(14(2)13-8)12-6-4-3-5-7-15/h12,15H,3-7H2,1-2H3,(H,16,17). The van der Waals surface area contributed by atoms with Gasteiger partial charge in [0.05, 0.1) is 5.69 Å². The van der Waals surface area contributed by atoms with Crippen LogP contribution in [0.25, 0.3) is 0 Å². The van der Waals surface area contributed by atoms with E-state index in [4.69, 9.17) is 10.2 Å². The van der Waals surface area contributed by atoms with Crippen LogP contribution >= 0.6 is 0 Å². The third-order valence-electron chi connectivity index (χ3n) is 2.56. The van der Waals surface area contributed by atoms with Crippen molar-refractivity contribution in [3.8, 4) is 0 Å². The predicted octanol–water partition coefficient (Wildman–Crippen LogP) is 1.00. The third kappa shape index (κ3) is 3.45. The van der Waals surface area contributed by atoms with Gasteiger partial charge in [-0.1, -0.05) is 0 Å². The number of unbranched alkanes of at least 4 members (excludes halogenated alkanes) is 2. The summed E-state index contributed by atoms with van der Waals surface area (Å²) in [5, 5.41) is 24.9. The molecule has 0 saturated carbocycles. The monoisotopic (exact) mass is 241 g/mol. The summed E-state index contributed by atoms with van der Waals surface area (Å²) in [5.41, 5.74) is 0.743. The second-order valence-electron chi connectivity index (χ2n) is 3.95. The van der Waals surface area contributed by atoms with Crippen LogP contribution in [-0.2, 0) is 7.05 Å². The number of carbonyl (C=O) groups is 1. The van der Waals surface area contributed by atoms with Gasteiger partial charge in [-0.25, -0.2) is 4.79 Å². The molecule has 1 aromatic rings. The van der Waals surface area contributed by atoms with Gasteiger partial charge in [0, 0.05) is 20.2 Å². The fraction of sp³-hybridized carbons (Fsp3) is 0.636. The first-order chi connectivity index (χ1) is 8.07. The van der Waals surface area contributed by atoms with E-state index < -0.39 is 5.97 Å². The van der Waals surface area contributed by atoms with E-state index in [2.05, 4.69) is 10.4 Å². The molecule has 1 aromatic heterocycles. The van der Waals surface area contributed by atoms with Crippen molar-refractivity contribution in [2.45, 2.75) is 26.2 Å². The number of aliphatic hydroxyl groups excluding tert-OH is 1. The molecule has 17 heavy (non-hydrogen) atoms. The molecule has 0 spiro atoms. The average molecular weight is 241 g/mol. The van der Waals surface area contributed by atoms with Crippen molar-refractivity contribution in [1.82, 2.24) is 9.78 Å². The number of rotatable bonds is 7. The number of hydrogen-bond acceptors (Lipinski definition) is 4. The summed E-state index contributed by atoms with van der Waals surface area (Å²) in [7, 11) is 1.72. The molecule has 3 N–H and O–H groups in total. The molecule has 0 aliphatic carbocycles. The van der Waals surface area contributed by atoms with Gasteiger partial charge in [0.2, 0.25) is 0 Å². The SMILES string of the molecule is Cc1nn(C)c(NCCCCCO)c1C(=O)O. The Morgan fingerprint density at radius 1 is 1.41 bits per heavy atom. The zero-order chi connectivity index (χ0) is 12.8. The van der Waals surface area contributed by atoms with Crippen molar-refractivity contribution in [2.75, 3.05) is 18.5 Å². The molecule has 0 saturated heterocycles. The Hall–Kier alpha value is -1.56. The van der Waals surface area contributed by atoms with Crippen molar-refractivity contribution in [1.29, 1.82) is 0 Å². The topological polar surface area (TPSA) is 87.4 Å². The fourth-order valence-corrected chi connectivity index (χ4v) is 1.74. The number of nitrogens with zero attached hydrogens (tertiary/aromatic N) is 2. The lowest BCUT2D eigenvalue weighted by Crippen LogP contribution is -2.10. The third-order valence-corrected chi connectivity index (χ3v) is 2.56. The number of hydrogen-bond donors (Lipinski definition) is 3. The normalized spacial score (nSPS) is 10.5. The Morgan fingerprint density at radius 3 is 2.71 bits per heavy atom. The van der Waals surface area contributed by atoms with Crippen molar-refractivity contribution in [3.63, 3.8) is 0 Å². The van der Waals surface area contributed by atoms with Crippen LogP contribution in [0.15, 0.2) is 0 Å². The van der Waals surface area contributed by atoms with Crippen molar-refractivity contribution < 1.29 is 15.0 Å². The maximum atomic E-state index is 11.1. The lowest BCUT2D eigenvalue weighted by molar-refractivity contribution is 0.0697. The number of anilines is 1. The highest BCUT2D eigenvalue weighted by Crippen LogP contribution is 2.18. The number of aliphatic hydroxyl groups is 1. The fourth-order valence-electron chi connectivity index (χ4n) is 1.74. The molecule has 0 aromatic carbocycles. The second-order valence-corrected chi connectivity index (χ2v) is 3.95. The van der Waals surface area contributed by atoms with Gasteiger partial charge in [-0.3, -0.25) is 4.68 Å². The van der Waals surface area contributed by atoms with E-state index in [-0.39, 0.29) is 12.2 Å². The molecule has 0 amide bonds. The molecule has 0 aliphatic heterocycles. The number of aryl methyl sites for hydroxylation is 2. The number of carboxylic acid groups (broad SMARTS) is 1. The van der Waals surface area contributed by atoms with E-state index in [1.807, 2.05) is 0 Å². The zero-order valence-corrected chi connectivity index (χ0v) is 10.2. The van der Waals surface area contributed by atoms with E-state index in [1.54, 1.807) is 18.7 Å². The molecule has 6 heteroatoms. The van der Waals surface area contributed by atoms with Crippen molar-refractivity contribution >= 4 is 11.8 Å². The highest BCUT2D eigenvalue weighted by Gasteiger charge is 2.18. The minimum atomic E-state index is -0.964. The van der Waals surface area contributed by atoms with Gasteiger partial charge in [0.15, 0.2) is 0 Å². The maximum absolute atomic E-state index is 11.1. The van der Waals surface area contributed by atoms with Crippen molar-refractivity contribution in [3.05, 3.63) is 11.3 Å². The van der Waals surface area contributed by atoms with E-state index in [0.29, 0.717) is 18.1 Å². The summed E-state index contributed by atoms with van der Waals surface area (Å²) >= 11 is 0. The minimum Gasteiger partial charge on any atom is -0.477 e. The Balaban J connectivity index is 2.61. The quantitative estimate of drug-likeness (QED) is 0.620. The first-order valence-electron chi connectivity index (χ1n) is 5.69. The first-order valence-corrected chi connectivity index (χ1v) is 5.69. The molecule has 1 rings (SSSR count). The van der Waals surface area contributed by atoms with Gasteiger partial charge in [0.1, 0.15) is 11.4 Å². The highest BCUT2D eigenvalue weighted by molar-refractivity contribution is 5.94. The van der Waals surface area contributed by atoms with Gasteiger partial charge in [0.25, 0.3) is 0 Å². The summed E-state index contributed by atoms with van der Waals surface area (Å²) in [5.74, 6) is -0.424. The smallest absolute Gasteiger partial charge is 0.341 e. The second kappa shape index (κ2) is 6.24. The molecule has 0 unspecified atom stereocenters. The summed E-state index contributed by atoms with van der Waals surface area (Å²) in [6.07, 6.45) is 2.59. The lowest BCUT2D eigenvalue weighted by atomic mass is 10.2. The van der Waals surface area contributed by atoms with Crippen LogP contribution in [0, 0.1) is 6.92 Å². The zero-order valence-electron chi connectivity index (χ0n) is 10.2. The van der Waals surface area contributed by atoms with Crippen LogP contribution in [-0.4, -0.2) is 39.1 Å². The van der Waals surface area contributed by atoms with Crippen LogP contribution in [0.3, 0.4) is 0 Å². The molecule has 0 radical (unpaired) electrons. The number of aromatic nitrogens is 2. The van der Waals surface area contributed by atoms with E-state index >= 15 is 0 Å². The highest BCUT2D eigenvalue weighted by atomic mass is 16.4. The van der Waals surface area contributed by atoms with Gasteiger partial charge >= 0.3 is 5.97 Å². The molecule has 0 fully saturated rings. The summed E-state index contributed by atoms with van der Waals surface area (Å²) in [6.45, 7) is 2.56. The summed E-state index contributed by atoms with van der Waals surface area (Å²) < 4.78 is 1.55. The maximum Gasteiger partial charge on any atom is 0.341 e. The molecule has 0 bridgehead atoms. The predicted molar refractivity (Wildman–Crippen MR) is 64.3 cm³/mol. The minimum absolute atomic E-state index is 0.200. The van der Waals surface area contributed by atoms with E-state index in [0.717, 1.165) is 19.3 Å². The summed E-state index contributed by atoms with van der Waals surface area (Å²) in [4.78, 5) is 11.1. The molecule has 1 heterocycles. The Labute approximate surface area is 100 Å². The van der Waals surface area contributed by atoms with Gasteiger partial charge in [-0.15, -0.1) is 0 Å². The van der Waals surface area contributed by atoms with Crippen LogP contribution in [0.2, 0.25) is 0 Å². The van der Waals surface area contributed by atoms with Crippen LogP contribution < -0.4 is 5.32 Å². The van der Waals surface area contributed by atoms with Crippen LogP contribution in [0.1, 0.15) is 35.3 Å². The molecule has 96 valence electrons. The van der Waals surface area contributed by atoms with E-state index in [9.17, 15) is 4.79 Å². The largest absolute Gasteiger partial charge is 0.477 e. The van der Waals surface area contributed by atoms with E-state index in [1.165, 1.54) is 0 Å². The Morgan fingerprint density at radius 2 is 2.12 bits per heavy atom. The van der Waals surface area contributed by atoms with Gasteiger partial charge in [-0.05, 0) is 26.2 Å². The lowest BCUT2D eigenvalue weighted by Gasteiger charge is -2.07. The van der Waals surface area contributed by atoms with Gasteiger partial charge < -0.3 is 15.5 Å². The van der Waals surface area contributed by atoms with Crippen LogP contribution in [0.5, 0.6) is 0 Å².